The number of nitrogens with two attached hydrogens (primary N) is 1. The highest BCUT2D eigenvalue weighted by Gasteiger charge is 2.13. The van der Waals surface area contributed by atoms with E-state index >= 15 is 0 Å². The minimum Gasteiger partial charge on any atom is -0.326 e. The average Bonchev–Trinajstić information content (AvgIpc) is 2.83. The van der Waals surface area contributed by atoms with E-state index in [4.69, 9.17) is 5.73 Å². The molecule has 0 unspecified atom stereocenters. The molecule has 0 radical (unpaired) electrons. The molecule has 2 rings (SSSR count). The molecule has 3 heteroatoms. The van der Waals surface area contributed by atoms with Gasteiger partial charge in [0.1, 0.15) is 5.00 Å². The van der Waals surface area contributed by atoms with Crippen LogP contribution in [-0.4, -0.2) is 4.57 Å². The Labute approximate surface area is 94.3 Å². The van der Waals surface area contributed by atoms with Gasteiger partial charge < -0.3 is 10.3 Å². The van der Waals surface area contributed by atoms with Crippen molar-refractivity contribution in [3.05, 3.63) is 40.5 Å². The van der Waals surface area contributed by atoms with Crippen LogP contribution in [0, 0.1) is 6.92 Å². The van der Waals surface area contributed by atoms with Crippen LogP contribution < -0.4 is 5.73 Å². The van der Waals surface area contributed by atoms with Gasteiger partial charge >= 0.3 is 0 Å². The van der Waals surface area contributed by atoms with Gasteiger partial charge in [-0.2, -0.15) is 0 Å². The molecule has 80 valence electrons. The molecule has 2 nitrogen and oxygen atoms in total. The second-order valence-electron chi connectivity index (χ2n) is 3.57. The molecule has 0 aromatic carbocycles. The molecule has 0 fully saturated rings. The molecule has 0 aliphatic carbocycles. The summed E-state index contributed by atoms with van der Waals surface area (Å²) in [6, 6.07) is 4.09. The molecule has 0 saturated carbocycles. The maximum atomic E-state index is 5.84. The monoisotopic (exact) mass is 220 g/mol. The van der Waals surface area contributed by atoms with Gasteiger partial charge in [0.05, 0.1) is 0 Å². The smallest absolute Gasteiger partial charge is 0.104 e. The van der Waals surface area contributed by atoms with Gasteiger partial charge in [0.15, 0.2) is 0 Å². The Balaban J connectivity index is 2.57. The fourth-order valence-electron chi connectivity index (χ4n) is 1.96. The summed E-state index contributed by atoms with van der Waals surface area (Å²) in [5.41, 5.74) is 8.56. The average molecular weight is 220 g/mol. The van der Waals surface area contributed by atoms with Crippen LogP contribution in [0.25, 0.3) is 5.00 Å². The molecule has 2 aromatic heterocycles. The standard InChI is InChI=1S/C12H16N2S/c1-3-10-9(2)15-12(11(10)8-13)14-6-4-5-7-14/h4-7H,3,8,13H2,1-2H3. The number of aromatic nitrogens is 1. The van der Waals surface area contributed by atoms with Crippen LogP contribution in [0.4, 0.5) is 0 Å². The van der Waals surface area contributed by atoms with E-state index in [1.165, 1.54) is 21.0 Å². The second kappa shape index (κ2) is 4.21. The van der Waals surface area contributed by atoms with Crippen molar-refractivity contribution in [2.75, 3.05) is 0 Å². The van der Waals surface area contributed by atoms with Crippen LogP contribution in [-0.2, 0) is 13.0 Å². The van der Waals surface area contributed by atoms with Crippen LogP contribution in [0.1, 0.15) is 22.9 Å². The predicted octanol–water partition coefficient (Wildman–Crippen LogP) is 2.87. The molecule has 2 heterocycles. The third kappa shape index (κ3) is 1.73. The molecule has 0 spiro atoms. The number of thiophene rings is 1. The fraction of sp³-hybridized carbons (Fsp3) is 0.333. The normalized spacial score (nSPS) is 10.9. The molecule has 2 N–H and O–H groups in total. The van der Waals surface area contributed by atoms with E-state index in [0.29, 0.717) is 6.54 Å². The van der Waals surface area contributed by atoms with Crippen LogP contribution in [0.15, 0.2) is 24.5 Å². The Hall–Kier alpha value is -1.06. The number of hydrogen-bond acceptors (Lipinski definition) is 2. The van der Waals surface area contributed by atoms with Gasteiger partial charge in [0.25, 0.3) is 0 Å². The SMILES string of the molecule is CCc1c(C)sc(-n2cccc2)c1CN. The summed E-state index contributed by atoms with van der Waals surface area (Å²) >= 11 is 1.83. The molecule has 15 heavy (non-hydrogen) atoms. The van der Waals surface area contributed by atoms with Gasteiger partial charge in [-0.1, -0.05) is 6.92 Å². The van der Waals surface area contributed by atoms with Crippen LogP contribution in [0.5, 0.6) is 0 Å². The fourth-order valence-corrected chi connectivity index (χ4v) is 3.20. The Morgan fingerprint density at radius 2 is 1.93 bits per heavy atom. The van der Waals surface area contributed by atoms with Crippen molar-refractivity contribution in [1.29, 1.82) is 0 Å². The summed E-state index contributed by atoms with van der Waals surface area (Å²) < 4.78 is 2.15. The maximum absolute atomic E-state index is 5.84. The van der Waals surface area contributed by atoms with Crippen molar-refractivity contribution < 1.29 is 0 Å². The van der Waals surface area contributed by atoms with Crippen LogP contribution >= 0.6 is 11.3 Å². The Morgan fingerprint density at radius 1 is 1.27 bits per heavy atom. The summed E-state index contributed by atoms with van der Waals surface area (Å²) in [4.78, 5) is 1.39. The maximum Gasteiger partial charge on any atom is 0.104 e. The van der Waals surface area contributed by atoms with E-state index in [1.807, 2.05) is 23.5 Å². The van der Waals surface area contributed by atoms with E-state index in [1.54, 1.807) is 0 Å². The first kappa shape index (κ1) is 10.5. The molecule has 2 aromatic rings. The summed E-state index contributed by atoms with van der Waals surface area (Å²) in [5.74, 6) is 0. The molecular weight excluding hydrogens is 204 g/mol. The van der Waals surface area contributed by atoms with Crippen molar-refractivity contribution in [3.8, 4) is 5.00 Å². The zero-order valence-electron chi connectivity index (χ0n) is 9.16. The Kier molecular flexibility index (Phi) is 2.93. The minimum atomic E-state index is 0.626. The first-order valence-corrected chi connectivity index (χ1v) is 6.04. The zero-order chi connectivity index (χ0) is 10.8. The lowest BCUT2D eigenvalue weighted by Gasteiger charge is -2.04. The summed E-state index contributed by atoms with van der Waals surface area (Å²) in [6.07, 6.45) is 5.21. The van der Waals surface area contributed by atoms with Gasteiger partial charge in [-0.15, -0.1) is 11.3 Å². The first-order valence-electron chi connectivity index (χ1n) is 5.22. The largest absolute Gasteiger partial charge is 0.326 e. The third-order valence-electron chi connectivity index (χ3n) is 2.69. The van der Waals surface area contributed by atoms with E-state index in [-0.39, 0.29) is 0 Å². The topological polar surface area (TPSA) is 30.9 Å². The summed E-state index contributed by atoms with van der Waals surface area (Å²) in [5, 5.41) is 1.27. The summed E-state index contributed by atoms with van der Waals surface area (Å²) in [7, 11) is 0. The predicted molar refractivity (Wildman–Crippen MR) is 65.7 cm³/mol. The number of rotatable bonds is 3. The van der Waals surface area contributed by atoms with Gasteiger partial charge in [-0.3, -0.25) is 0 Å². The highest BCUT2D eigenvalue weighted by molar-refractivity contribution is 7.14. The Morgan fingerprint density at radius 3 is 2.47 bits per heavy atom. The molecule has 0 saturated heterocycles. The molecule has 0 aliphatic heterocycles. The zero-order valence-corrected chi connectivity index (χ0v) is 9.97. The van der Waals surface area contributed by atoms with Gasteiger partial charge in [-0.25, -0.2) is 0 Å². The molecule has 0 bridgehead atoms. The molecular formula is C12H16N2S. The van der Waals surface area contributed by atoms with Crippen molar-refractivity contribution in [2.24, 2.45) is 5.73 Å². The lowest BCUT2D eigenvalue weighted by molar-refractivity contribution is 0.975. The summed E-state index contributed by atoms with van der Waals surface area (Å²) in [6.45, 7) is 4.99. The minimum absolute atomic E-state index is 0.626. The first-order chi connectivity index (χ1) is 7.27. The van der Waals surface area contributed by atoms with Crippen molar-refractivity contribution >= 4 is 11.3 Å². The van der Waals surface area contributed by atoms with Gasteiger partial charge in [0.2, 0.25) is 0 Å². The highest BCUT2D eigenvalue weighted by Crippen LogP contribution is 2.31. The number of hydrogen-bond donors (Lipinski definition) is 1. The Bertz CT molecular complexity index is 440. The lowest BCUT2D eigenvalue weighted by atomic mass is 10.1. The van der Waals surface area contributed by atoms with Gasteiger partial charge in [-0.05, 0) is 31.0 Å². The number of nitrogens with zero attached hydrogens (tertiary/aromatic N) is 1. The quantitative estimate of drug-likeness (QED) is 0.847. The molecule has 0 atom stereocenters. The van der Waals surface area contributed by atoms with Crippen LogP contribution in [0.3, 0.4) is 0 Å². The van der Waals surface area contributed by atoms with E-state index in [2.05, 4.69) is 30.8 Å². The number of aryl methyl sites for hydroxylation is 1. The van der Waals surface area contributed by atoms with Crippen molar-refractivity contribution in [1.82, 2.24) is 4.57 Å². The van der Waals surface area contributed by atoms with Crippen molar-refractivity contribution in [2.45, 2.75) is 26.8 Å². The van der Waals surface area contributed by atoms with E-state index in [0.717, 1.165) is 6.42 Å². The molecule has 0 amide bonds. The van der Waals surface area contributed by atoms with Crippen LogP contribution in [0.2, 0.25) is 0 Å². The van der Waals surface area contributed by atoms with Crippen molar-refractivity contribution in [3.63, 3.8) is 0 Å². The molecule has 0 aliphatic rings. The second-order valence-corrected chi connectivity index (χ2v) is 4.77. The van der Waals surface area contributed by atoms with E-state index in [9.17, 15) is 0 Å². The van der Waals surface area contributed by atoms with E-state index < -0.39 is 0 Å². The van der Waals surface area contributed by atoms with Gasteiger partial charge in [0, 0.05) is 29.4 Å². The third-order valence-corrected chi connectivity index (χ3v) is 3.90. The highest BCUT2D eigenvalue weighted by atomic mass is 32.1. The lowest BCUT2D eigenvalue weighted by Crippen LogP contribution is -2.02.